The summed E-state index contributed by atoms with van der Waals surface area (Å²) in [5, 5.41) is 0.641. The Balaban J connectivity index is 2.92. The van der Waals surface area contributed by atoms with E-state index in [0.29, 0.717) is 16.6 Å². The minimum Gasteiger partial charge on any atom is -0.397 e. The molecule has 0 bridgehead atoms. The second-order valence-corrected chi connectivity index (χ2v) is 3.88. The molecule has 0 unspecified atom stereocenters. The highest BCUT2D eigenvalue weighted by atomic mass is 79.9. The normalized spacial score (nSPS) is 10.8. The number of nitrogen functional groups attached to an aromatic ring is 1. The molecule has 2 aromatic rings. The quantitative estimate of drug-likeness (QED) is 0.785. The average Bonchev–Trinajstić information content (AvgIpc) is 2.16. The molecule has 2 N–H and O–H groups in total. The van der Waals surface area contributed by atoms with E-state index in [9.17, 15) is 4.39 Å². The number of hydrogen-bond acceptors (Lipinski definition) is 2. The highest BCUT2D eigenvalue weighted by Crippen LogP contribution is 2.30. The highest BCUT2D eigenvalue weighted by Gasteiger charge is 2.07. The minimum atomic E-state index is -0.304. The maximum absolute atomic E-state index is 13.0. The zero-order chi connectivity index (χ0) is 10.3. The van der Waals surface area contributed by atoms with Crippen LogP contribution in [0.15, 0.2) is 22.7 Å². The van der Waals surface area contributed by atoms with Gasteiger partial charge in [-0.2, -0.15) is 0 Å². The Morgan fingerprint density at radius 2 is 2.14 bits per heavy atom. The molecule has 0 fully saturated rings. The Kier molecular flexibility index (Phi) is 2.15. The van der Waals surface area contributed by atoms with Crippen LogP contribution in [0.4, 0.5) is 10.1 Å². The fraction of sp³-hybridized carbons (Fsp3) is 0.100. The molecule has 0 saturated heterocycles. The molecule has 1 aromatic carbocycles. The number of rotatable bonds is 0. The largest absolute Gasteiger partial charge is 0.397 e. The first-order valence-corrected chi connectivity index (χ1v) is 4.89. The molecule has 0 atom stereocenters. The highest BCUT2D eigenvalue weighted by molar-refractivity contribution is 9.10. The Bertz CT molecular complexity index is 511. The molecule has 1 aromatic heterocycles. The molecular formula is C10H8BrFN2. The SMILES string of the molecule is Cc1nc2ccc(F)cc2c(N)c1Br. The number of hydrogen-bond donors (Lipinski definition) is 1. The maximum Gasteiger partial charge on any atom is 0.124 e. The lowest BCUT2D eigenvalue weighted by Crippen LogP contribution is -1.95. The fourth-order valence-corrected chi connectivity index (χ4v) is 1.67. The van der Waals surface area contributed by atoms with E-state index < -0.39 is 0 Å². The summed E-state index contributed by atoms with van der Waals surface area (Å²) >= 11 is 3.31. The first-order valence-electron chi connectivity index (χ1n) is 4.10. The standard InChI is InChI=1S/C10H8BrFN2/c1-5-9(11)10(13)7-4-6(12)2-3-8(7)14-5/h2-4H,1H3,(H2,13,14). The number of aromatic nitrogens is 1. The maximum atomic E-state index is 13.0. The van der Waals surface area contributed by atoms with Crippen molar-refractivity contribution in [3.05, 3.63) is 34.2 Å². The van der Waals surface area contributed by atoms with Crippen molar-refractivity contribution in [3.8, 4) is 0 Å². The Labute approximate surface area is 89.1 Å². The molecule has 0 radical (unpaired) electrons. The van der Waals surface area contributed by atoms with Crippen LogP contribution in [-0.2, 0) is 0 Å². The lowest BCUT2D eigenvalue weighted by Gasteiger charge is -2.06. The van der Waals surface area contributed by atoms with Crippen molar-refractivity contribution in [3.63, 3.8) is 0 Å². The number of pyridine rings is 1. The van der Waals surface area contributed by atoms with Crippen LogP contribution in [0.1, 0.15) is 5.69 Å². The summed E-state index contributed by atoms with van der Waals surface area (Å²) in [5.74, 6) is -0.304. The third-order valence-electron chi connectivity index (χ3n) is 2.09. The summed E-state index contributed by atoms with van der Waals surface area (Å²) in [6.45, 7) is 1.85. The number of fused-ring (bicyclic) bond motifs is 1. The predicted octanol–water partition coefficient (Wildman–Crippen LogP) is 3.03. The second kappa shape index (κ2) is 3.20. The molecule has 0 aliphatic heterocycles. The molecular weight excluding hydrogens is 247 g/mol. The van der Waals surface area contributed by atoms with Crippen molar-refractivity contribution < 1.29 is 4.39 Å². The van der Waals surface area contributed by atoms with Gasteiger partial charge >= 0.3 is 0 Å². The van der Waals surface area contributed by atoms with Crippen molar-refractivity contribution in [2.75, 3.05) is 5.73 Å². The van der Waals surface area contributed by atoms with E-state index in [1.54, 1.807) is 6.07 Å². The van der Waals surface area contributed by atoms with Gasteiger partial charge in [-0.1, -0.05) is 0 Å². The number of nitrogens with zero attached hydrogens (tertiary/aromatic N) is 1. The van der Waals surface area contributed by atoms with Crippen LogP contribution in [0.3, 0.4) is 0 Å². The summed E-state index contributed by atoms with van der Waals surface area (Å²) in [6, 6.07) is 4.39. The molecule has 2 nitrogen and oxygen atoms in total. The number of benzene rings is 1. The summed E-state index contributed by atoms with van der Waals surface area (Å²) in [7, 11) is 0. The lowest BCUT2D eigenvalue weighted by molar-refractivity contribution is 0.629. The first kappa shape index (κ1) is 9.40. The van der Waals surface area contributed by atoms with E-state index in [2.05, 4.69) is 20.9 Å². The van der Waals surface area contributed by atoms with Crippen molar-refractivity contribution >= 4 is 32.5 Å². The van der Waals surface area contributed by atoms with E-state index in [0.717, 1.165) is 10.2 Å². The molecule has 0 aliphatic rings. The van der Waals surface area contributed by atoms with Gasteiger partial charge in [0.15, 0.2) is 0 Å². The average molecular weight is 255 g/mol. The second-order valence-electron chi connectivity index (χ2n) is 3.09. The van der Waals surface area contributed by atoms with Crippen molar-refractivity contribution in [2.24, 2.45) is 0 Å². The monoisotopic (exact) mass is 254 g/mol. The zero-order valence-corrected chi connectivity index (χ0v) is 9.10. The van der Waals surface area contributed by atoms with Gasteiger partial charge in [0.05, 0.1) is 21.4 Å². The van der Waals surface area contributed by atoms with Crippen molar-refractivity contribution in [1.82, 2.24) is 4.98 Å². The van der Waals surface area contributed by atoms with Crippen LogP contribution in [-0.4, -0.2) is 4.98 Å². The third-order valence-corrected chi connectivity index (χ3v) is 3.09. The smallest absolute Gasteiger partial charge is 0.124 e. The topological polar surface area (TPSA) is 38.9 Å². The van der Waals surface area contributed by atoms with Crippen LogP contribution >= 0.6 is 15.9 Å². The number of aryl methyl sites for hydroxylation is 1. The summed E-state index contributed by atoms with van der Waals surface area (Å²) in [6.07, 6.45) is 0. The molecule has 72 valence electrons. The molecule has 4 heteroatoms. The Morgan fingerprint density at radius 3 is 2.86 bits per heavy atom. The lowest BCUT2D eigenvalue weighted by atomic mass is 10.1. The predicted molar refractivity (Wildman–Crippen MR) is 58.6 cm³/mol. The van der Waals surface area contributed by atoms with Crippen LogP contribution < -0.4 is 5.73 Å². The van der Waals surface area contributed by atoms with E-state index in [-0.39, 0.29) is 5.82 Å². The Morgan fingerprint density at radius 1 is 1.43 bits per heavy atom. The molecule has 0 spiro atoms. The van der Waals surface area contributed by atoms with E-state index in [1.165, 1.54) is 12.1 Å². The van der Waals surface area contributed by atoms with E-state index >= 15 is 0 Å². The van der Waals surface area contributed by atoms with Gasteiger partial charge < -0.3 is 5.73 Å². The number of halogens is 2. The summed E-state index contributed by atoms with van der Waals surface area (Å²) in [5.41, 5.74) is 7.89. The van der Waals surface area contributed by atoms with Crippen LogP contribution in [0.25, 0.3) is 10.9 Å². The number of nitrogens with two attached hydrogens (primary N) is 1. The molecule has 0 aliphatic carbocycles. The third kappa shape index (κ3) is 1.35. The molecule has 2 rings (SSSR count). The van der Waals surface area contributed by atoms with E-state index in [1.807, 2.05) is 6.92 Å². The van der Waals surface area contributed by atoms with E-state index in [4.69, 9.17) is 5.73 Å². The summed E-state index contributed by atoms with van der Waals surface area (Å²) < 4.78 is 13.7. The van der Waals surface area contributed by atoms with Gasteiger partial charge in [-0.3, -0.25) is 4.98 Å². The van der Waals surface area contributed by atoms with Gasteiger partial charge in [-0.15, -0.1) is 0 Å². The van der Waals surface area contributed by atoms with Crippen LogP contribution in [0.2, 0.25) is 0 Å². The first-order chi connectivity index (χ1) is 6.59. The van der Waals surface area contributed by atoms with Gasteiger partial charge in [0.25, 0.3) is 0 Å². The van der Waals surface area contributed by atoms with Gasteiger partial charge in [-0.05, 0) is 41.1 Å². The van der Waals surface area contributed by atoms with Gasteiger partial charge in [-0.25, -0.2) is 4.39 Å². The van der Waals surface area contributed by atoms with Crippen LogP contribution in [0.5, 0.6) is 0 Å². The Hall–Kier alpha value is -1.16. The molecule has 1 heterocycles. The zero-order valence-electron chi connectivity index (χ0n) is 7.51. The van der Waals surface area contributed by atoms with Gasteiger partial charge in [0.1, 0.15) is 5.82 Å². The molecule has 0 amide bonds. The molecule has 0 saturated carbocycles. The van der Waals surface area contributed by atoms with Gasteiger partial charge in [0, 0.05) is 5.39 Å². The minimum absolute atomic E-state index is 0.304. The van der Waals surface area contributed by atoms with Crippen LogP contribution in [0, 0.1) is 12.7 Å². The summed E-state index contributed by atoms with van der Waals surface area (Å²) in [4.78, 5) is 4.28. The van der Waals surface area contributed by atoms with Crippen molar-refractivity contribution in [1.29, 1.82) is 0 Å². The number of anilines is 1. The van der Waals surface area contributed by atoms with Gasteiger partial charge in [0.2, 0.25) is 0 Å². The fourth-order valence-electron chi connectivity index (χ4n) is 1.36. The molecule has 14 heavy (non-hydrogen) atoms. The van der Waals surface area contributed by atoms with Crippen molar-refractivity contribution in [2.45, 2.75) is 6.92 Å².